The Morgan fingerprint density at radius 3 is 2.44 bits per heavy atom. The molecule has 5 rings (SSSR count). The number of nitrogens with one attached hydrogen (secondary N) is 2. The Morgan fingerprint density at radius 1 is 1.07 bits per heavy atom. The van der Waals surface area contributed by atoms with E-state index in [0.717, 1.165) is 29.5 Å². The number of aromatic carboxylic acids is 1. The first-order valence-corrected chi connectivity index (χ1v) is 15.0. The van der Waals surface area contributed by atoms with E-state index in [1.54, 1.807) is 6.08 Å². The van der Waals surface area contributed by atoms with E-state index < -0.39 is 55.8 Å². The number of benzene rings is 2. The summed E-state index contributed by atoms with van der Waals surface area (Å²) in [5.41, 5.74) is -5.84. The lowest BCUT2D eigenvalue weighted by Crippen LogP contribution is -2.47. The van der Waals surface area contributed by atoms with Gasteiger partial charge in [0, 0.05) is 33.6 Å². The van der Waals surface area contributed by atoms with Crippen molar-refractivity contribution < 1.29 is 50.2 Å². The monoisotopic (exact) mass is 638 g/mol. The van der Waals surface area contributed by atoms with Gasteiger partial charge in [0.25, 0.3) is 15.7 Å². The first-order chi connectivity index (χ1) is 20.2. The second-order valence-electron chi connectivity index (χ2n) is 9.98. The van der Waals surface area contributed by atoms with Gasteiger partial charge in [0.15, 0.2) is 0 Å². The van der Waals surface area contributed by atoms with Crippen molar-refractivity contribution in [1.29, 1.82) is 0 Å². The number of rotatable bonds is 8. The normalized spacial score (nSPS) is 21.0. The number of hydrogen-bond acceptors (Lipinski definition) is 7. The molecule has 2 bridgehead atoms. The van der Waals surface area contributed by atoms with Gasteiger partial charge in [0.05, 0.1) is 29.1 Å². The Kier molecular flexibility index (Phi) is 7.81. The number of halogens is 4. The van der Waals surface area contributed by atoms with Crippen LogP contribution in [-0.2, 0) is 14.6 Å². The molecule has 0 aliphatic heterocycles. The summed E-state index contributed by atoms with van der Waals surface area (Å²) < 4.78 is 82.9. The maximum atomic E-state index is 14.9. The molecule has 1 saturated carbocycles. The molecule has 43 heavy (non-hydrogen) atoms. The Morgan fingerprint density at radius 2 is 1.79 bits per heavy atom. The minimum atomic E-state index is -5.64. The number of sulfone groups is 1. The van der Waals surface area contributed by atoms with Crippen LogP contribution in [0.15, 0.2) is 64.9 Å². The number of fused-ring (bicyclic) bond motifs is 2. The third kappa shape index (κ3) is 5.61. The third-order valence-corrected chi connectivity index (χ3v) is 9.87. The van der Waals surface area contributed by atoms with Crippen LogP contribution in [0, 0.1) is 23.6 Å². The summed E-state index contributed by atoms with van der Waals surface area (Å²) in [7, 11) is -4.40. The summed E-state index contributed by atoms with van der Waals surface area (Å²) in [6.45, 7) is 0. The fourth-order valence-corrected chi connectivity index (χ4v) is 7.09. The lowest BCUT2D eigenvalue weighted by atomic mass is 9.87. The van der Waals surface area contributed by atoms with Crippen molar-refractivity contribution >= 4 is 44.6 Å². The van der Waals surface area contributed by atoms with Gasteiger partial charge in [-0.25, -0.2) is 17.6 Å². The Bertz CT molecular complexity index is 1770. The van der Waals surface area contributed by atoms with Crippen LogP contribution < -0.4 is 15.4 Å². The lowest BCUT2D eigenvalue weighted by molar-refractivity contribution is -0.121. The number of allylic oxidation sites excluding steroid dienone is 1. The molecule has 1 heterocycles. The molecule has 1 aromatic heterocycles. The van der Waals surface area contributed by atoms with Crippen LogP contribution >= 0.6 is 11.3 Å². The molecular formula is C28H22F4N2O7S2. The molecule has 4 atom stereocenters. The SMILES string of the molecule is COc1cc(F)c(-c2cc(C(=O)O)cs2)cc1C(=O)N[C@H]1[C@@H](C(=O)Nc2cccc(S(=O)(=O)C(F)(F)F)c2)[C@@H]2C=C[C@H]1C2. The van der Waals surface area contributed by atoms with Gasteiger partial charge < -0.3 is 20.5 Å². The van der Waals surface area contributed by atoms with E-state index in [1.165, 1.54) is 30.7 Å². The summed E-state index contributed by atoms with van der Waals surface area (Å²) in [4.78, 5) is 37.4. The van der Waals surface area contributed by atoms with Crippen molar-refractivity contribution in [3.05, 3.63) is 76.9 Å². The number of carbonyl (C=O) groups is 3. The highest BCUT2D eigenvalue weighted by Crippen LogP contribution is 2.45. The minimum Gasteiger partial charge on any atom is -0.496 e. The maximum Gasteiger partial charge on any atom is 0.501 e. The van der Waals surface area contributed by atoms with Crippen molar-refractivity contribution in [2.24, 2.45) is 17.8 Å². The van der Waals surface area contributed by atoms with Crippen LogP contribution in [0.2, 0.25) is 0 Å². The summed E-state index contributed by atoms with van der Waals surface area (Å²) in [5.74, 6) is -4.82. The zero-order valence-corrected chi connectivity index (χ0v) is 23.6. The van der Waals surface area contributed by atoms with Gasteiger partial charge >= 0.3 is 11.5 Å². The van der Waals surface area contributed by atoms with Crippen molar-refractivity contribution in [2.75, 3.05) is 12.4 Å². The number of carboxylic acid groups (broad SMARTS) is 1. The molecule has 3 aromatic rings. The maximum absolute atomic E-state index is 14.9. The Hall–Kier alpha value is -4.24. The van der Waals surface area contributed by atoms with E-state index in [4.69, 9.17) is 4.74 Å². The van der Waals surface area contributed by atoms with Crippen LogP contribution in [0.5, 0.6) is 5.75 Å². The third-order valence-electron chi connectivity index (χ3n) is 7.42. The minimum absolute atomic E-state index is 0.0285. The zero-order chi connectivity index (χ0) is 31.3. The number of alkyl halides is 3. The number of ether oxygens (including phenoxy) is 1. The van der Waals surface area contributed by atoms with Gasteiger partial charge in [-0.05, 0) is 48.6 Å². The summed E-state index contributed by atoms with van der Waals surface area (Å²) in [5, 5.41) is 15.8. The number of amides is 2. The van der Waals surface area contributed by atoms with E-state index >= 15 is 0 Å². The number of hydrogen-bond donors (Lipinski definition) is 3. The molecule has 2 aromatic carbocycles. The van der Waals surface area contributed by atoms with Gasteiger partial charge in [-0.2, -0.15) is 13.2 Å². The summed E-state index contributed by atoms with van der Waals surface area (Å²) in [6.07, 6.45) is 4.14. The molecule has 0 saturated heterocycles. The van der Waals surface area contributed by atoms with Gasteiger partial charge in [-0.15, -0.1) is 11.3 Å². The van der Waals surface area contributed by atoms with Crippen LogP contribution in [0.3, 0.4) is 0 Å². The second kappa shape index (κ2) is 11.1. The summed E-state index contributed by atoms with van der Waals surface area (Å²) in [6, 6.07) is 6.53. The van der Waals surface area contributed by atoms with Crippen LogP contribution in [0.1, 0.15) is 27.1 Å². The van der Waals surface area contributed by atoms with E-state index in [-0.39, 0.29) is 44.8 Å². The number of methoxy groups -OCH3 is 1. The number of anilines is 1. The molecule has 226 valence electrons. The number of carboxylic acids is 1. The van der Waals surface area contributed by atoms with Crippen molar-refractivity contribution in [3.8, 4) is 16.2 Å². The van der Waals surface area contributed by atoms with Crippen molar-refractivity contribution in [3.63, 3.8) is 0 Å². The summed E-state index contributed by atoms with van der Waals surface area (Å²) >= 11 is 0.975. The predicted octanol–water partition coefficient (Wildman–Crippen LogP) is 5.11. The highest BCUT2D eigenvalue weighted by Gasteiger charge is 2.49. The first-order valence-electron chi connectivity index (χ1n) is 12.6. The zero-order valence-electron chi connectivity index (χ0n) is 22.0. The molecule has 3 N–H and O–H groups in total. The topological polar surface area (TPSA) is 139 Å². The number of carbonyl (C=O) groups excluding carboxylic acids is 2. The van der Waals surface area contributed by atoms with E-state index in [1.807, 2.05) is 6.08 Å². The quantitative estimate of drug-likeness (QED) is 0.230. The van der Waals surface area contributed by atoms with Crippen LogP contribution in [-0.4, -0.2) is 50.0 Å². The fourth-order valence-electron chi connectivity index (χ4n) is 5.39. The molecule has 15 heteroatoms. The van der Waals surface area contributed by atoms with Gasteiger partial charge in [-0.3, -0.25) is 9.59 Å². The average Bonchev–Trinajstić information content (AvgIpc) is 3.69. The standard InChI is InChI=1S/C28H22F4N2O7S2/c1-41-21-11-20(29)18(22-8-15(12-42-22)27(37)38)10-19(21)25(35)34-24-14-6-5-13(7-14)23(24)26(36)33-16-3-2-4-17(9-16)43(39,40)28(30,31)32/h2-6,8-14,23-24H,7H2,1H3,(H,33,36)(H,34,35)(H,37,38)/t13-,14+,23+,24-/m1/s1. The molecule has 0 radical (unpaired) electrons. The van der Waals surface area contributed by atoms with E-state index in [0.29, 0.717) is 12.5 Å². The van der Waals surface area contributed by atoms with E-state index in [2.05, 4.69) is 10.6 Å². The number of thiophene rings is 1. The Balaban J connectivity index is 1.40. The highest BCUT2D eigenvalue weighted by atomic mass is 32.2. The molecule has 1 fully saturated rings. The van der Waals surface area contributed by atoms with Gasteiger partial charge in [0.1, 0.15) is 11.6 Å². The van der Waals surface area contributed by atoms with Crippen LogP contribution in [0.4, 0.5) is 23.2 Å². The molecule has 2 aliphatic carbocycles. The highest BCUT2D eigenvalue weighted by molar-refractivity contribution is 7.92. The molecule has 2 aliphatic rings. The van der Waals surface area contributed by atoms with Crippen molar-refractivity contribution in [1.82, 2.24) is 5.32 Å². The smallest absolute Gasteiger partial charge is 0.496 e. The molecule has 0 spiro atoms. The predicted molar refractivity (Wildman–Crippen MR) is 147 cm³/mol. The second-order valence-corrected chi connectivity index (χ2v) is 12.8. The molecule has 0 unspecified atom stereocenters. The van der Waals surface area contributed by atoms with Crippen molar-refractivity contribution in [2.45, 2.75) is 22.9 Å². The largest absolute Gasteiger partial charge is 0.501 e. The fraction of sp³-hybridized carbons (Fsp3) is 0.250. The lowest BCUT2D eigenvalue weighted by Gasteiger charge is -2.28. The first kappa shape index (κ1) is 30.2. The van der Waals surface area contributed by atoms with Gasteiger partial charge in [0.2, 0.25) is 5.91 Å². The molecule has 2 amide bonds. The molecular weight excluding hydrogens is 616 g/mol. The molecule has 9 nitrogen and oxygen atoms in total. The Labute approximate surface area is 246 Å². The average molecular weight is 639 g/mol. The van der Waals surface area contributed by atoms with E-state index in [9.17, 15) is 45.5 Å². The van der Waals surface area contributed by atoms with Crippen LogP contribution in [0.25, 0.3) is 10.4 Å². The van der Waals surface area contributed by atoms with Gasteiger partial charge in [-0.1, -0.05) is 18.2 Å².